The van der Waals surface area contributed by atoms with Gasteiger partial charge in [-0.3, -0.25) is 9.52 Å². The molecule has 19 heavy (non-hydrogen) atoms. The number of hydrogen-bond donors (Lipinski definition) is 2. The van der Waals surface area contributed by atoms with Crippen LogP contribution in [-0.4, -0.2) is 41.2 Å². The fourth-order valence-electron chi connectivity index (χ4n) is 1.01. The van der Waals surface area contributed by atoms with Crippen molar-refractivity contribution in [3.63, 3.8) is 0 Å². The molecule has 1 aromatic rings. The Labute approximate surface area is 119 Å². The SMILES string of the molecule is CC(C)CCS(=O)(=O)Nc1nnc(SCC(=O)O)s1. The van der Waals surface area contributed by atoms with E-state index in [1.165, 1.54) is 0 Å². The van der Waals surface area contributed by atoms with Crippen molar-refractivity contribution in [2.75, 3.05) is 16.2 Å². The summed E-state index contributed by atoms with van der Waals surface area (Å²) >= 11 is 2.03. The third kappa shape index (κ3) is 6.73. The average Bonchev–Trinajstić information content (AvgIpc) is 2.71. The minimum atomic E-state index is -3.42. The highest BCUT2D eigenvalue weighted by Crippen LogP contribution is 2.26. The number of nitrogens with one attached hydrogen (secondary N) is 1. The van der Waals surface area contributed by atoms with Crippen LogP contribution in [0.3, 0.4) is 0 Å². The van der Waals surface area contributed by atoms with E-state index in [0.717, 1.165) is 23.1 Å². The molecule has 0 aromatic carbocycles. The molecule has 1 rings (SSSR count). The van der Waals surface area contributed by atoms with Gasteiger partial charge < -0.3 is 5.11 Å². The first-order valence-electron chi connectivity index (χ1n) is 5.47. The van der Waals surface area contributed by atoms with Crippen molar-refractivity contribution in [2.45, 2.75) is 24.6 Å². The Balaban J connectivity index is 2.55. The van der Waals surface area contributed by atoms with E-state index in [1.54, 1.807) is 0 Å². The molecule has 0 aliphatic carbocycles. The van der Waals surface area contributed by atoms with Crippen molar-refractivity contribution in [1.29, 1.82) is 0 Å². The molecule has 108 valence electrons. The number of thioether (sulfide) groups is 1. The van der Waals surface area contributed by atoms with Gasteiger partial charge in [0.25, 0.3) is 0 Å². The van der Waals surface area contributed by atoms with Gasteiger partial charge in [0, 0.05) is 0 Å². The van der Waals surface area contributed by atoms with Crippen molar-refractivity contribution in [3.05, 3.63) is 0 Å². The van der Waals surface area contributed by atoms with Crippen LogP contribution < -0.4 is 4.72 Å². The topological polar surface area (TPSA) is 109 Å². The Bertz CT molecular complexity index is 527. The Morgan fingerprint density at radius 1 is 1.47 bits per heavy atom. The van der Waals surface area contributed by atoms with Crippen molar-refractivity contribution in [2.24, 2.45) is 5.92 Å². The molecule has 0 saturated heterocycles. The van der Waals surface area contributed by atoms with Crippen LogP contribution in [0.5, 0.6) is 0 Å². The maximum atomic E-state index is 11.7. The molecule has 0 amide bonds. The molecule has 0 bridgehead atoms. The lowest BCUT2D eigenvalue weighted by molar-refractivity contribution is -0.133. The first kappa shape index (κ1) is 16.2. The molecule has 2 N–H and O–H groups in total. The Hall–Kier alpha value is -0.870. The molecule has 0 fully saturated rings. The van der Waals surface area contributed by atoms with Gasteiger partial charge in [-0.1, -0.05) is 36.9 Å². The third-order valence-electron chi connectivity index (χ3n) is 1.93. The number of anilines is 1. The molecule has 0 saturated carbocycles. The Morgan fingerprint density at radius 3 is 2.74 bits per heavy atom. The number of hydrogen-bond acceptors (Lipinski definition) is 7. The van der Waals surface area contributed by atoms with Crippen LogP contribution >= 0.6 is 23.1 Å². The van der Waals surface area contributed by atoms with Crippen LogP contribution in [0.25, 0.3) is 0 Å². The number of nitrogens with zero attached hydrogens (tertiary/aromatic N) is 2. The first-order valence-corrected chi connectivity index (χ1v) is 8.92. The molecule has 0 radical (unpaired) electrons. The predicted octanol–water partition coefficient (Wildman–Crippen LogP) is 1.50. The summed E-state index contributed by atoms with van der Waals surface area (Å²) < 4.78 is 26.2. The highest BCUT2D eigenvalue weighted by atomic mass is 32.2. The zero-order valence-electron chi connectivity index (χ0n) is 10.5. The number of sulfonamides is 1. The number of carbonyl (C=O) groups is 1. The molecule has 10 heteroatoms. The zero-order chi connectivity index (χ0) is 14.5. The van der Waals surface area contributed by atoms with Gasteiger partial charge in [0.1, 0.15) is 0 Å². The molecule has 1 heterocycles. The van der Waals surface area contributed by atoms with Gasteiger partial charge in [0.2, 0.25) is 15.2 Å². The van der Waals surface area contributed by atoms with Gasteiger partial charge in [-0.15, -0.1) is 10.2 Å². The number of aromatic nitrogens is 2. The second-order valence-electron chi connectivity index (χ2n) is 4.16. The van der Waals surface area contributed by atoms with Gasteiger partial charge in [0.15, 0.2) is 4.34 Å². The van der Waals surface area contributed by atoms with Crippen molar-refractivity contribution < 1.29 is 18.3 Å². The Kier molecular flexibility index (Phi) is 6.01. The molecule has 0 aliphatic rings. The van der Waals surface area contributed by atoms with Gasteiger partial charge in [-0.05, 0) is 12.3 Å². The van der Waals surface area contributed by atoms with E-state index < -0.39 is 16.0 Å². The van der Waals surface area contributed by atoms with Crippen LogP contribution in [0.1, 0.15) is 20.3 Å². The summed E-state index contributed by atoms with van der Waals surface area (Å²) in [6.45, 7) is 3.89. The second kappa shape index (κ2) is 7.06. The van der Waals surface area contributed by atoms with Crippen LogP contribution in [0.15, 0.2) is 4.34 Å². The molecule has 7 nitrogen and oxygen atoms in total. The lowest BCUT2D eigenvalue weighted by Gasteiger charge is -2.06. The quantitative estimate of drug-likeness (QED) is 0.697. The lowest BCUT2D eigenvalue weighted by atomic mass is 10.2. The number of carboxylic acid groups (broad SMARTS) is 1. The minimum absolute atomic E-state index is 0.0296. The van der Waals surface area contributed by atoms with Gasteiger partial charge in [-0.2, -0.15) is 0 Å². The van der Waals surface area contributed by atoms with Crippen LogP contribution in [0.2, 0.25) is 0 Å². The number of carboxylic acids is 1. The van der Waals surface area contributed by atoms with E-state index in [0.29, 0.717) is 16.7 Å². The van der Waals surface area contributed by atoms with E-state index in [2.05, 4.69) is 14.9 Å². The summed E-state index contributed by atoms with van der Waals surface area (Å²) in [7, 11) is -3.42. The minimum Gasteiger partial charge on any atom is -0.481 e. The third-order valence-corrected chi connectivity index (χ3v) is 5.30. The van der Waals surface area contributed by atoms with Gasteiger partial charge in [-0.25, -0.2) is 8.42 Å². The predicted molar refractivity (Wildman–Crippen MR) is 75.1 cm³/mol. The van der Waals surface area contributed by atoms with Gasteiger partial charge in [0.05, 0.1) is 11.5 Å². The highest BCUT2D eigenvalue weighted by Gasteiger charge is 2.15. The largest absolute Gasteiger partial charge is 0.481 e. The summed E-state index contributed by atoms with van der Waals surface area (Å²) in [5.41, 5.74) is 0. The summed E-state index contributed by atoms with van der Waals surface area (Å²) in [6, 6.07) is 0. The van der Waals surface area contributed by atoms with Crippen LogP contribution in [-0.2, 0) is 14.8 Å². The molecule has 0 unspecified atom stereocenters. The standard InChI is InChI=1S/C9H15N3O4S3/c1-6(2)3-4-19(15,16)12-8-10-11-9(18-8)17-5-7(13)14/h6H,3-5H2,1-2H3,(H,10,12)(H,13,14). The maximum Gasteiger partial charge on any atom is 0.313 e. The molecule has 1 aromatic heterocycles. The smallest absolute Gasteiger partial charge is 0.313 e. The fourth-order valence-corrected chi connectivity index (χ4v) is 4.07. The van der Waals surface area contributed by atoms with E-state index in [1.807, 2.05) is 13.8 Å². The normalized spacial score (nSPS) is 11.7. The molecule has 0 spiro atoms. The molecular formula is C9H15N3O4S3. The summed E-state index contributed by atoms with van der Waals surface area (Å²) in [5.74, 6) is -0.761. The maximum absolute atomic E-state index is 11.7. The number of aliphatic carboxylic acids is 1. The van der Waals surface area contributed by atoms with Gasteiger partial charge >= 0.3 is 5.97 Å². The Morgan fingerprint density at radius 2 is 2.16 bits per heavy atom. The fraction of sp³-hybridized carbons (Fsp3) is 0.667. The molecule has 0 aliphatic heterocycles. The molecular weight excluding hydrogens is 310 g/mol. The van der Waals surface area contributed by atoms with E-state index in [4.69, 9.17) is 5.11 Å². The summed E-state index contributed by atoms with van der Waals surface area (Å²) in [4.78, 5) is 10.4. The van der Waals surface area contributed by atoms with E-state index in [-0.39, 0.29) is 16.6 Å². The van der Waals surface area contributed by atoms with Crippen LogP contribution in [0, 0.1) is 5.92 Å². The van der Waals surface area contributed by atoms with E-state index >= 15 is 0 Å². The van der Waals surface area contributed by atoms with Crippen LogP contribution in [0.4, 0.5) is 5.13 Å². The van der Waals surface area contributed by atoms with Crippen molar-refractivity contribution in [1.82, 2.24) is 10.2 Å². The second-order valence-corrected chi connectivity index (χ2v) is 8.20. The van der Waals surface area contributed by atoms with Crippen molar-refractivity contribution in [3.8, 4) is 0 Å². The molecule has 0 atom stereocenters. The zero-order valence-corrected chi connectivity index (χ0v) is 12.9. The lowest BCUT2D eigenvalue weighted by Crippen LogP contribution is -2.17. The van der Waals surface area contributed by atoms with E-state index in [9.17, 15) is 13.2 Å². The van der Waals surface area contributed by atoms with Crippen molar-refractivity contribution >= 4 is 44.2 Å². The summed E-state index contributed by atoms with van der Waals surface area (Å²) in [6.07, 6.45) is 0.564. The first-order chi connectivity index (χ1) is 8.78. The summed E-state index contributed by atoms with van der Waals surface area (Å²) in [5, 5.41) is 16.1. The highest BCUT2D eigenvalue weighted by molar-refractivity contribution is 8.01. The number of rotatable bonds is 8. The average molecular weight is 325 g/mol. The monoisotopic (exact) mass is 325 g/mol.